The standard InChI is InChI=1S/C15H11Cl2N3O2/c1-8-2-14(21)12(7-19-8)15(22)20-13(6-18)9-3-10(16)5-11(17)4-9/h2-5,7,13H,1H3,(H,19,21)(H,20,22)/t13-/m1/s1. The average molecular weight is 336 g/mol. The van der Waals surface area contributed by atoms with Crippen LogP contribution in [-0.2, 0) is 0 Å². The minimum absolute atomic E-state index is 0.0704. The van der Waals surface area contributed by atoms with E-state index in [0.29, 0.717) is 21.3 Å². The van der Waals surface area contributed by atoms with Gasteiger partial charge in [0.15, 0.2) is 5.43 Å². The number of nitriles is 1. The lowest BCUT2D eigenvalue weighted by Crippen LogP contribution is -2.31. The number of hydrogen-bond acceptors (Lipinski definition) is 3. The number of nitrogens with one attached hydrogen (secondary N) is 2. The van der Waals surface area contributed by atoms with Crippen LogP contribution in [0.25, 0.3) is 0 Å². The molecule has 0 aliphatic heterocycles. The van der Waals surface area contributed by atoms with Crippen molar-refractivity contribution in [3.05, 3.63) is 67.6 Å². The second-order valence-corrected chi connectivity index (χ2v) is 5.51. The summed E-state index contributed by atoms with van der Waals surface area (Å²) in [5.74, 6) is -0.649. The molecule has 2 aromatic rings. The van der Waals surface area contributed by atoms with Crippen molar-refractivity contribution in [3.63, 3.8) is 0 Å². The Morgan fingerprint density at radius 3 is 2.45 bits per heavy atom. The fourth-order valence-corrected chi connectivity index (χ4v) is 2.43. The normalized spacial score (nSPS) is 11.5. The molecule has 7 heteroatoms. The van der Waals surface area contributed by atoms with E-state index in [-0.39, 0.29) is 5.56 Å². The lowest BCUT2D eigenvalue weighted by Gasteiger charge is -2.12. The molecule has 0 aliphatic rings. The van der Waals surface area contributed by atoms with Gasteiger partial charge in [-0.05, 0) is 30.7 Å². The summed E-state index contributed by atoms with van der Waals surface area (Å²) < 4.78 is 0. The van der Waals surface area contributed by atoms with Crippen LogP contribution in [0.3, 0.4) is 0 Å². The molecule has 0 aliphatic carbocycles. The van der Waals surface area contributed by atoms with Gasteiger partial charge in [-0.25, -0.2) is 0 Å². The van der Waals surface area contributed by atoms with Crippen molar-refractivity contribution in [1.82, 2.24) is 10.3 Å². The number of halogens is 2. The Morgan fingerprint density at radius 1 is 1.27 bits per heavy atom. The van der Waals surface area contributed by atoms with Gasteiger partial charge < -0.3 is 10.3 Å². The third-order valence-corrected chi connectivity index (χ3v) is 3.36. The van der Waals surface area contributed by atoms with Crippen LogP contribution in [0, 0.1) is 18.3 Å². The molecule has 0 fully saturated rings. The summed E-state index contributed by atoms with van der Waals surface area (Å²) in [7, 11) is 0. The first-order chi connectivity index (χ1) is 10.4. The third-order valence-electron chi connectivity index (χ3n) is 2.92. The van der Waals surface area contributed by atoms with Gasteiger partial charge >= 0.3 is 0 Å². The number of pyridine rings is 1. The maximum Gasteiger partial charge on any atom is 0.258 e. The fourth-order valence-electron chi connectivity index (χ4n) is 1.89. The maximum atomic E-state index is 12.1. The highest BCUT2D eigenvalue weighted by atomic mass is 35.5. The number of carbonyl (C=O) groups excluding carboxylic acids is 1. The molecular weight excluding hydrogens is 325 g/mol. The summed E-state index contributed by atoms with van der Waals surface area (Å²) in [5, 5.41) is 12.4. The van der Waals surface area contributed by atoms with Crippen LogP contribution in [0.4, 0.5) is 0 Å². The van der Waals surface area contributed by atoms with Gasteiger partial charge in [-0.15, -0.1) is 0 Å². The second-order valence-electron chi connectivity index (χ2n) is 4.63. The zero-order valence-corrected chi connectivity index (χ0v) is 13.0. The van der Waals surface area contributed by atoms with Gasteiger partial charge in [0.1, 0.15) is 11.6 Å². The van der Waals surface area contributed by atoms with Crippen molar-refractivity contribution < 1.29 is 4.79 Å². The predicted octanol–water partition coefficient (Wildman–Crippen LogP) is 2.98. The molecule has 1 aromatic heterocycles. The van der Waals surface area contributed by atoms with E-state index < -0.39 is 17.4 Å². The Bertz CT molecular complexity index is 804. The number of nitrogens with zero attached hydrogens (tertiary/aromatic N) is 1. The molecule has 1 amide bonds. The van der Waals surface area contributed by atoms with E-state index in [9.17, 15) is 14.9 Å². The first-order valence-electron chi connectivity index (χ1n) is 6.26. The van der Waals surface area contributed by atoms with Gasteiger partial charge in [0.25, 0.3) is 5.91 Å². The van der Waals surface area contributed by atoms with Gasteiger partial charge in [0, 0.05) is 28.0 Å². The van der Waals surface area contributed by atoms with Crippen LogP contribution in [-0.4, -0.2) is 10.9 Å². The molecule has 0 radical (unpaired) electrons. The zero-order chi connectivity index (χ0) is 16.3. The molecule has 2 rings (SSSR count). The number of carbonyl (C=O) groups is 1. The predicted molar refractivity (Wildman–Crippen MR) is 84.1 cm³/mol. The number of aromatic nitrogens is 1. The Hall–Kier alpha value is -2.29. The molecule has 0 saturated heterocycles. The Kier molecular flexibility index (Phi) is 4.86. The number of amides is 1. The van der Waals surface area contributed by atoms with Crippen molar-refractivity contribution in [1.29, 1.82) is 5.26 Å². The molecule has 1 heterocycles. The second kappa shape index (κ2) is 6.65. The summed E-state index contributed by atoms with van der Waals surface area (Å²) in [6.07, 6.45) is 1.31. The zero-order valence-electron chi connectivity index (χ0n) is 11.5. The van der Waals surface area contributed by atoms with E-state index in [0.717, 1.165) is 0 Å². The molecule has 112 valence electrons. The lowest BCUT2D eigenvalue weighted by molar-refractivity contribution is 0.0943. The highest BCUT2D eigenvalue weighted by Gasteiger charge is 2.18. The van der Waals surface area contributed by atoms with Crippen molar-refractivity contribution >= 4 is 29.1 Å². The summed E-state index contributed by atoms with van der Waals surface area (Å²) in [6, 6.07) is 6.87. The van der Waals surface area contributed by atoms with E-state index >= 15 is 0 Å². The molecule has 5 nitrogen and oxygen atoms in total. The Balaban J connectivity index is 2.28. The fraction of sp³-hybridized carbons (Fsp3) is 0.133. The van der Waals surface area contributed by atoms with Gasteiger partial charge in [-0.2, -0.15) is 5.26 Å². The van der Waals surface area contributed by atoms with Crippen LogP contribution in [0.5, 0.6) is 0 Å². The summed E-state index contributed by atoms with van der Waals surface area (Å²) in [6.45, 7) is 1.70. The lowest BCUT2D eigenvalue weighted by atomic mass is 10.1. The molecule has 0 unspecified atom stereocenters. The molecule has 0 bridgehead atoms. The van der Waals surface area contributed by atoms with Crippen molar-refractivity contribution in [3.8, 4) is 6.07 Å². The van der Waals surface area contributed by atoms with Crippen molar-refractivity contribution in [2.75, 3.05) is 0 Å². The average Bonchev–Trinajstić information content (AvgIpc) is 2.43. The number of aryl methyl sites for hydroxylation is 1. The molecule has 2 N–H and O–H groups in total. The summed E-state index contributed by atoms with van der Waals surface area (Å²) in [5.41, 5.74) is 0.588. The number of hydrogen-bond donors (Lipinski definition) is 2. The van der Waals surface area contributed by atoms with Crippen molar-refractivity contribution in [2.24, 2.45) is 0 Å². The minimum atomic E-state index is -0.968. The number of rotatable bonds is 3. The molecule has 1 atom stereocenters. The van der Waals surface area contributed by atoms with Gasteiger partial charge in [-0.1, -0.05) is 23.2 Å². The number of aromatic amines is 1. The van der Waals surface area contributed by atoms with Gasteiger partial charge in [0.2, 0.25) is 0 Å². The monoisotopic (exact) mass is 335 g/mol. The van der Waals surface area contributed by atoms with E-state index in [4.69, 9.17) is 23.2 Å². The van der Waals surface area contributed by atoms with E-state index in [1.54, 1.807) is 6.92 Å². The largest absolute Gasteiger partial charge is 0.364 e. The molecule has 0 spiro atoms. The third kappa shape index (κ3) is 3.67. The van der Waals surface area contributed by atoms with Crippen LogP contribution in [0.15, 0.2) is 35.3 Å². The highest BCUT2D eigenvalue weighted by molar-refractivity contribution is 6.34. The SMILES string of the molecule is Cc1cc(=O)c(C(=O)N[C@H](C#N)c2cc(Cl)cc(Cl)c2)c[nH]1. The summed E-state index contributed by atoms with van der Waals surface area (Å²) in [4.78, 5) is 26.7. The number of benzene rings is 1. The molecule has 22 heavy (non-hydrogen) atoms. The van der Waals surface area contributed by atoms with Gasteiger partial charge in [0.05, 0.1) is 6.07 Å². The Labute approximate surface area is 136 Å². The first kappa shape index (κ1) is 16.1. The molecule has 1 aromatic carbocycles. The summed E-state index contributed by atoms with van der Waals surface area (Å²) >= 11 is 11.8. The number of H-pyrrole nitrogens is 1. The maximum absolute atomic E-state index is 12.1. The topological polar surface area (TPSA) is 85.8 Å². The molecule has 0 saturated carbocycles. The van der Waals surface area contributed by atoms with Crippen LogP contribution >= 0.6 is 23.2 Å². The van der Waals surface area contributed by atoms with Crippen LogP contribution in [0.2, 0.25) is 10.0 Å². The van der Waals surface area contributed by atoms with E-state index in [1.807, 2.05) is 6.07 Å². The van der Waals surface area contributed by atoms with E-state index in [2.05, 4.69) is 10.3 Å². The van der Waals surface area contributed by atoms with Crippen molar-refractivity contribution in [2.45, 2.75) is 13.0 Å². The van der Waals surface area contributed by atoms with E-state index in [1.165, 1.54) is 30.5 Å². The quantitative estimate of drug-likeness (QED) is 0.903. The highest BCUT2D eigenvalue weighted by Crippen LogP contribution is 2.23. The Morgan fingerprint density at radius 2 is 1.91 bits per heavy atom. The molecular formula is C15H11Cl2N3O2. The van der Waals surface area contributed by atoms with Gasteiger partial charge in [-0.3, -0.25) is 9.59 Å². The minimum Gasteiger partial charge on any atom is -0.364 e. The van der Waals surface area contributed by atoms with Crippen LogP contribution in [0.1, 0.15) is 27.7 Å². The first-order valence-corrected chi connectivity index (χ1v) is 7.02. The smallest absolute Gasteiger partial charge is 0.258 e. The van der Waals surface area contributed by atoms with Crippen LogP contribution < -0.4 is 10.7 Å².